The molecule has 10 nitrogen and oxygen atoms in total. The van der Waals surface area contributed by atoms with Crippen LogP contribution in [0.2, 0.25) is 0 Å². The smallest absolute Gasteiger partial charge is 0.413 e. The molecule has 0 bridgehead atoms. The second-order valence-corrected chi connectivity index (χ2v) is 10.9. The van der Waals surface area contributed by atoms with E-state index in [0.717, 1.165) is 12.1 Å². The number of nitrogens with zero attached hydrogens (tertiary/aromatic N) is 4. The molecule has 2 heterocycles. The maximum atomic E-state index is 13.2. The molecule has 0 aromatic carbocycles. The number of hydrogen-bond donors (Lipinski definition) is 2. The molecule has 1 atom stereocenters. The first-order valence-electron chi connectivity index (χ1n) is 16.9. The summed E-state index contributed by atoms with van der Waals surface area (Å²) in [7, 11) is 0. The Balaban J connectivity index is 0. The molecule has 0 aliphatic carbocycles. The number of carbonyl (C=O) groups excluding carboxylic acids is 2. The summed E-state index contributed by atoms with van der Waals surface area (Å²) in [6, 6.07) is 1.57. The zero-order chi connectivity index (χ0) is 34.5. The first-order chi connectivity index (χ1) is 21.6. The van der Waals surface area contributed by atoms with Crippen LogP contribution in [0, 0.1) is 11.3 Å². The van der Waals surface area contributed by atoms with Crippen molar-refractivity contribution >= 4 is 18.0 Å². The highest BCUT2D eigenvalue weighted by Crippen LogP contribution is 2.23. The quantitative estimate of drug-likeness (QED) is 0.158. The van der Waals surface area contributed by atoms with Crippen molar-refractivity contribution in [2.75, 3.05) is 52.5 Å². The zero-order valence-corrected chi connectivity index (χ0v) is 29.8. The number of ether oxygens (including phenoxy) is 2. The molecule has 0 spiro atoms. The SMILES string of the molecule is C=C/C=C(\C=C)CN1CCC(C#N)(NC(=O)C(CC)N=C(NC(=O)OCC)N2CCOCC2)CC1.CCC.CCC.CCCC. The van der Waals surface area contributed by atoms with Gasteiger partial charge in [0.05, 0.1) is 25.9 Å². The standard InChI is InChI=1S/C25H38N6O4.C4H10.2C3H8/c1-5-9-20(6-2)18-30-12-10-25(19-26,11-13-30)29-22(32)21(7-3)27-23(28-24(33)35-8-4)31-14-16-34-17-15-31;1-3-4-2;2*1-3-2/h5-6,9,21H,1-2,7-8,10-18H2,3-4H3,(H,29,32)(H,27,28,33);3-4H2,1-2H3;2*3H2,1-2H3/b20-9+;;;. The van der Waals surface area contributed by atoms with Crippen molar-refractivity contribution < 1.29 is 19.1 Å². The van der Waals surface area contributed by atoms with E-state index in [9.17, 15) is 14.9 Å². The third-order valence-electron chi connectivity index (χ3n) is 6.55. The number of carbonyl (C=O) groups is 2. The Morgan fingerprint density at radius 1 is 1.00 bits per heavy atom. The van der Waals surface area contributed by atoms with E-state index in [1.54, 1.807) is 19.1 Å². The number of hydrogen-bond acceptors (Lipinski definition) is 7. The van der Waals surface area contributed by atoms with Gasteiger partial charge in [0.1, 0.15) is 11.6 Å². The van der Waals surface area contributed by atoms with Crippen LogP contribution in [0.5, 0.6) is 0 Å². The molecule has 258 valence electrons. The van der Waals surface area contributed by atoms with Crippen LogP contribution < -0.4 is 10.6 Å². The molecule has 2 N–H and O–H groups in total. The van der Waals surface area contributed by atoms with Crippen LogP contribution in [0.15, 0.2) is 42.0 Å². The predicted molar refractivity (Wildman–Crippen MR) is 187 cm³/mol. The Bertz CT molecular complexity index is 910. The predicted octanol–water partition coefficient (Wildman–Crippen LogP) is 6.61. The van der Waals surface area contributed by atoms with Gasteiger partial charge in [-0.25, -0.2) is 9.79 Å². The van der Waals surface area contributed by atoms with Crippen molar-refractivity contribution in [3.8, 4) is 6.07 Å². The Morgan fingerprint density at radius 2 is 1.56 bits per heavy atom. The number of nitriles is 1. The number of nitrogens with one attached hydrogen (secondary N) is 2. The fourth-order valence-electron chi connectivity index (χ4n) is 3.98. The Labute approximate surface area is 275 Å². The summed E-state index contributed by atoms with van der Waals surface area (Å²) in [5.41, 5.74) is 0.0967. The summed E-state index contributed by atoms with van der Waals surface area (Å²) >= 11 is 0. The van der Waals surface area contributed by atoms with E-state index in [4.69, 9.17) is 9.47 Å². The van der Waals surface area contributed by atoms with Crippen LogP contribution in [0.1, 0.15) is 100 Å². The molecular formula is C35H64N6O4. The number of amides is 2. The van der Waals surface area contributed by atoms with Crippen LogP contribution in [0.25, 0.3) is 0 Å². The molecule has 0 saturated carbocycles. The van der Waals surface area contributed by atoms with Gasteiger partial charge in [-0.05, 0) is 31.8 Å². The Morgan fingerprint density at radius 3 is 1.98 bits per heavy atom. The summed E-state index contributed by atoms with van der Waals surface area (Å²) in [5.74, 6) is -0.0576. The molecule has 0 aromatic heterocycles. The van der Waals surface area contributed by atoms with Crippen molar-refractivity contribution in [3.05, 3.63) is 37.0 Å². The van der Waals surface area contributed by atoms with Crippen LogP contribution in [-0.2, 0) is 14.3 Å². The van der Waals surface area contributed by atoms with Crippen LogP contribution >= 0.6 is 0 Å². The molecule has 2 saturated heterocycles. The lowest BCUT2D eigenvalue weighted by molar-refractivity contribution is -0.124. The molecule has 2 amide bonds. The molecule has 1 unspecified atom stereocenters. The first-order valence-corrected chi connectivity index (χ1v) is 16.9. The fourth-order valence-corrected chi connectivity index (χ4v) is 3.98. The van der Waals surface area contributed by atoms with E-state index in [0.29, 0.717) is 58.7 Å². The molecule has 0 aromatic rings. The normalized spacial score (nSPS) is 16.8. The van der Waals surface area contributed by atoms with Crippen LogP contribution in [-0.4, -0.2) is 91.9 Å². The van der Waals surface area contributed by atoms with E-state index < -0.39 is 17.7 Å². The van der Waals surface area contributed by atoms with Gasteiger partial charge in [0.25, 0.3) is 0 Å². The second kappa shape index (κ2) is 28.3. The van der Waals surface area contributed by atoms with E-state index in [1.807, 2.05) is 17.9 Å². The van der Waals surface area contributed by atoms with Gasteiger partial charge in [0, 0.05) is 32.7 Å². The zero-order valence-electron chi connectivity index (χ0n) is 29.8. The minimum absolute atomic E-state index is 0.222. The minimum atomic E-state index is -0.958. The fraction of sp³-hybridized carbons (Fsp3) is 0.714. The summed E-state index contributed by atoms with van der Waals surface area (Å²) in [4.78, 5) is 34.0. The number of morpholine rings is 1. The second-order valence-electron chi connectivity index (χ2n) is 10.9. The summed E-state index contributed by atoms with van der Waals surface area (Å²) in [6.07, 6.45) is 11.4. The van der Waals surface area contributed by atoms with E-state index in [2.05, 4.69) is 81.3 Å². The van der Waals surface area contributed by atoms with Gasteiger partial charge < -0.3 is 19.7 Å². The van der Waals surface area contributed by atoms with Gasteiger partial charge in [-0.15, -0.1) is 0 Å². The third kappa shape index (κ3) is 19.8. The summed E-state index contributed by atoms with van der Waals surface area (Å²) in [5, 5.41) is 15.6. The van der Waals surface area contributed by atoms with E-state index in [-0.39, 0.29) is 18.5 Å². The Hall–Kier alpha value is -3.16. The average Bonchev–Trinajstić information content (AvgIpc) is 3.05. The third-order valence-corrected chi connectivity index (χ3v) is 6.55. The van der Waals surface area contributed by atoms with Crippen molar-refractivity contribution in [1.29, 1.82) is 5.26 Å². The maximum Gasteiger partial charge on any atom is 0.413 e. The highest BCUT2D eigenvalue weighted by atomic mass is 16.5. The van der Waals surface area contributed by atoms with Crippen molar-refractivity contribution in [3.63, 3.8) is 0 Å². The molecule has 2 fully saturated rings. The molecule has 10 heteroatoms. The lowest BCUT2D eigenvalue weighted by atomic mass is 9.88. The number of likely N-dealkylation sites (tertiary alicyclic amines) is 1. The van der Waals surface area contributed by atoms with Gasteiger partial charge >= 0.3 is 6.09 Å². The molecule has 2 aliphatic rings. The van der Waals surface area contributed by atoms with Gasteiger partial charge in [-0.2, -0.15) is 5.26 Å². The van der Waals surface area contributed by atoms with Crippen molar-refractivity contribution in [2.45, 2.75) is 112 Å². The van der Waals surface area contributed by atoms with E-state index in [1.165, 1.54) is 25.7 Å². The first kappa shape index (κ1) is 44.0. The monoisotopic (exact) mass is 632 g/mol. The highest BCUT2D eigenvalue weighted by Gasteiger charge is 2.37. The van der Waals surface area contributed by atoms with Crippen LogP contribution in [0.4, 0.5) is 4.79 Å². The Kier molecular flexibility index (Phi) is 27.7. The molecular weight excluding hydrogens is 568 g/mol. The number of piperidine rings is 1. The van der Waals surface area contributed by atoms with Crippen molar-refractivity contribution in [2.24, 2.45) is 4.99 Å². The average molecular weight is 633 g/mol. The van der Waals surface area contributed by atoms with Gasteiger partial charge in [-0.3, -0.25) is 15.0 Å². The molecule has 0 radical (unpaired) electrons. The van der Waals surface area contributed by atoms with Crippen molar-refractivity contribution in [1.82, 2.24) is 20.4 Å². The number of unbranched alkanes of at least 4 members (excludes halogenated alkanes) is 1. The number of rotatable bonds is 10. The van der Waals surface area contributed by atoms with Gasteiger partial charge in [0.15, 0.2) is 0 Å². The van der Waals surface area contributed by atoms with Gasteiger partial charge in [0.2, 0.25) is 11.9 Å². The number of allylic oxidation sites excluding steroid dienone is 2. The molecule has 45 heavy (non-hydrogen) atoms. The highest BCUT2D eigenvalue weighted by molar-refractivity contribution is 5.96. The molecule has 2 aliphatic heterocycles. The number of aliphatic imine (C=N–C) groups is 1. The largest absolute Gasteiger partial charge is 0.450 e. The maximum absolute atomic E-state index is 13.2. The summed E-state index contributed by atoms with van der Waals surface area (Å²) < 4.78 is 10.4. The topological polar surface area (TPSA) is 119 Å². The molecule has 2 rings (SSSR count). The minimum Gasteiger partial charge on any atom is -0.450 e. The number of guanidine groups is 1. The lowest BCUT2D eigenvalue weighted by Gasteiger charge is -2.38. The lowest BCUT2D eigenvalue weighted by Crippen LogP contribution is -2.57. The van der Waals surface area contributed by atoms with E-state index >= 15 is 0 Å². The summed E-state index contributed by atoms with van der Waals surface area (Å²) in [6.45, 7) is 28.3. The van der Waals surface area contributed by atoms with Gasteiger partial charge in [-0.1, -0.05) is 106 Å². The number of alkyl carbamates (subject to hydrolysis) is 1. The van der Waals surface area contributed by atoms with Crippen LogP contribution in [0.3, 0.4) is 0 Å².